The van der Waals surface area contributed by atoms with E-state index in [-0.39, 0.29) is 0 Å². The van der Waals surface area contributed by atoms with Crippen LogP contribution in [0, 0.1) is 0 Å². The standard InChI is InChI=1S/C51H30N4O2/c1-3-13-31(14-4-1)49-52-50(32-15-5-2-6-16-32)54-51(53-49)34-26-28-39-38-27-25-33(29-45(38)56-46(39)30-34)35-19-12-24-44-47(35)40-20-11-23-43(48(40)57-44)55-41-21-9-7-17-36(41)37-18-8-10-22-42(37)55/h1-30H. The molecular formula is C51H30N4O2. The van der Waals surface area contributed by atoms with E-state index in [1.165, 1.54) is 10.8 Å². The van der Waals surface area contributed by atoms with E-state index in [4.69, 9.17) is 23.8 Å². The number of fused-ring (bicyclic) bond motifs is 9. The maximum atomic E-state index is 6.77. The Balaban J connectivity index is 0.987. The zero-order chi connectivity index (χ0) is 37.5. The normalized spacial score (nSPS) is 11.9. The van der Waals surface area contributed by atoms with E-state index in [2.05, 4.69) is 120 Å². The van der Waals surface area contributed by atoms with Gasteiger partial charge in [-0.2, -0.15) is 0 Å². The summed E-state index contributed by atoms with van der Waals surface area (Å²) in [5.41, 5.74) is 11.4. The van der Waals surface area contributed by atoms with Gasteiger partial charge < -0.3 is 13.4 Å². The lowest BCUT2D eigenvalue weighted by Gasteiger charge is -2.08. The first kappa shape index (κ1) is 31.5. The average molecular weight is 731 g/mol. The number of para-hydroxylation sites is 3. The topological polar surface area (TPSA) is 69.9 Å². The highest BCUT2D eigenvalue weighted by Crippen LogP contribution is 2.42. The molecule has 6 nitrogen and oxygen atoms in total. The third kappa shape index (κ3) is 4.94. The van der Waals surface area contributed by atoms with Gasteiger partial charge in [-0.1, -0.05) is 133 Å². The quantitative estimate of drug-likeness (QED) is 0.176. The molecule has 0 saturated carbocycles. The van der Waals surface area contributed by atoms with Crippen LogP contribution in [0.2, 0.25) is 0 Å². The Morgan fingerprint density at radius 3 is 1.53 bits per heavy atom. The Labute approximate surface area is 325 Å². The zero-order valence-corrected chi connectivity index (χ0v) is 30.4. The van der Waals surface area contributed by atoms with E-state index >= 15 is 0 Å². The summed E-state index contributed by atoms with van der Waals surface area (Å²) in [4.78, 5) is 14.7. The van der Waals surface area contributed by atoms with E-state index in [9.17, 15) is 0 Å². The van der Waals surface area contributed by atoms with E-state index in [1.54, 1.807) is 0 Å². The Morgan fingerprint density at radius 2 is 0.877 bits per heavy atom. The van der Waals surface area contributed by atoms with Gasteiger partial charge in [0.15, 0.2) is 23.1 Å². The predicted octanol–water partition coefficient (Wildman–Crippen LogP) is 13.4. The van der Waals surface area contributed by atoms with Crippen molar-refractivity contribution in [1.29, 1.82) is 0 Å². The Bertz CT molecular complexity index is 3410. The lowest BCUT2D eigenvalue weighted by molar-refractivity contribution is 0.666. The number of aromatic nitrogens is 4. The SMILES string of the molecule is c1ccc(-c2nc(-c3ccccc3)nc(-c3ccc4c(c3)oc3cc(-c5cccc6oc7c(-n8c9ccccc9c9ccccc98)cccc7c56)ccc34)n2)cc1. The van der Waals surface area contributed by atoms with Gasteiger partial charge in [0.2, 0.25) is 0 Å². The van der Waals surface area contributed by atoms with Crippen molar-refractivity contribution in [1.82, 2.24) is 19.5 Å². The molecule has 0 fully saturated rings. The third-order valence-electron chi connectivity index (χ3n) is 11.1. The molecule has 12 aromatic rings. The van der Waals surface area contributed by atoms with Gasteiger partial charge in [-0.05, 0) is 59.7 Å². The summed E-state index contributed by atoms with van der Waals surface area (Å²) >= 11 is 0. The number of nitrogens with zero attached hydrogens (tertiary/aromatic N) is 4. The maximum absolute atomic E-state index is 6.77. The van der Waals surface area contributed by atoms with E-state index in [1.807, 2.05) is 66.7 Å². The fourth-order valence-corrected chi connectivity index (χ4v) is 8.45. The van der Waals surface area contributed by atoms with Gasteiger partial charge in [0, 0.05) is 49.0 Å². The van der Waals surface area contributed by atoms with Gasteiger partial charge in [0.25, 0.3) is 0 Å². The van der Waals surface area contributed by atoms with Gasteiger partial charge in [-0.3, -0.25) is 0 Å². The monoisotopic (exact) mass is 730 g/mol. The van der Waals surface area contributed by atoms with Gasteiger partial charge in [-0.15, -0.1) is 0 Å². The Morgan fingerprint density at radius 1 is 0.351 bits per heavy atom. The van der Waals surface area contributed by atoms with Crippen molar-refractivity contribution in [2.45, 2.75) is 0 Å². The molecule has 0 amide bonds. The number of furan rings is 2. The molecule has 0 N–H and O–H groups in total. The maximum Gasteiger partial charge on any atom is 0.164 e. The van der Waals surface area contributed by atoms with Crippen LogP contribution in [-0.4, -0.2) is 19.5 Å². The first-order chi connectivity index (χ1) is 28.2. The van der Waals surface area contributed by atoms with Gasteiger partial charge in [-0.25, -0.2) is 15.0 Å². The molecule has 57 heavy (non-hydrogen) atoms. The highest BCUT2D eigenvalue weighted by atomic mass is 16.3. The van der Waals surface area contributed by atoms with Crippen molar-refractivity contribution in [3.05, 3.63) is 182 Å². The predicted molar refractivity (Wildman–Crippen MR) is 230 cm³/mol. The average Bonchev–Trinajstić information content (AvgIpc) is 3.96. The van der Waals surface area contributed by atoms with Crippen LogP contribution >= 0.6 is 0 Å². The van der Waals surface area contributed by atoms with Crippen LogP contribution in [0.15, 0.2) is 191 Å². The molecule has 6 heteroatoms. The van der Waals surface area contributed by atoms with Gasteiger partial charge in [0.05, 0.1) is 16.7 Å². The van der Waals surface area contributed by atoms with Crippen LogP contribution in [-0.2, 0) is 0 Å². The fraction of sp³-hybridized carbons (Fsp3) is 0. The molecule has 0 bridgehead atoms. The van der Waals surface area contributed by atoms with E-state index < -0.39 is 0 Å². The van der Waals surface area contributed by atoms with Crippen molar-refractivity contribution >= 4 is 65.7 Å². The summed E-state index contributed by atoms with van der Waals surface area (Å²) in [6.45, 7) is 0. The smallest absolute Gasteiger partial charge is 0.164 e. The molecule has 0 saturated heterocycles. The molecule has 4 heterocycles. The molecule has 0 aliphatic rings. The molecule has 266 valence electrons. The number of hydrogen-bond donors (Lipinski definition) is 0. The Kier molecular flexibility index (Phi) is 6.83. The number of rotatable bonds is 5. The minimum Gasteiger partial charge on any atom is -0.456 e. The van der Waals surface area contributed by atoms with Gasteiger partial charge in [0.1, 0.15) is 16.7 Å². The molecule has 0 aliphatic carbocycles. The summed E-state index contributed by atoms with van der Waals surface area (Å²) in [7, 11) is 0. The van der Waals surface area contributed by atoms with Crippen LogP contribution in [0.3, 0.4) is 0 Å². The van der Waals surface area contributed by atoms with Crippen molar-refractivity contribution in [2.24, 2.45) is 0 Å². The Hall–Kier alpha value is -7.83. The highest BCUT2D eigenvalue weighted by molar-refractivity contribution is 6.17. The molecule has 8 aromatic carbocycles. The largest absolute Gasteiger partial charge is 0.456 e. The van der Waals surface area contributed by atoms with Crippen molar-refractivity contribution in [3.63, 3.8) is 0 Å². The molecular weight excluding hydrogens is 701 g/mol. The molecule has 0 spiro atoms. The summed E-state index contributed by atoms with van der Waals surface area (Å²) in [6.07, 6.45) is 0. The second kappa shape index (κ2) is 12.3. The highest BCUT2D eigenvalue weighted by Gasteiger charge is 2.20. The summed E-state index contributed by atoms with van der Waals surface area (Å²) in [5.74, 6) is 1.83. The second-order valence-electron chi connectivity index (χ2n) is 14.4. The van der Waals surface area contributed by atoms with Crippen molar-refractivity contribution in [3.8, 4) is 51.0 Å². The minimum atomic E-state index is 0.588. The van der Waals surface area contributed by atoms with Crippen LogP contribution in [0.5, 0.6) is 0 Å². The lowest BCUT2D eigenvalue weighted by atomic mass is 9.98. The molecule has 0 radical (unpaired) electrons. The van der Waals surface area contributed by atoms with E-state index in [0.717, 1.165) is 88.4 Å². The fourth-order valence-electron chi connectivity index (χ4n) is 8.45. The minimum absolute atomic E-state index is 0.588. The van der Waals surface area contributed by atoms with Crippen LogP contribution in [0.4, 0.5) is 0 Å². The molecule has 4 aromatic heterocycles. The van der Waals surface area contributed by atoms with Crippen molar-refractivity contribution < 1.29 is 8.83 Å². The number of hydrogen-bond acceptors (Lipinski definition) is 5. The van der Waals surface area contributed by atoms with Crippen LogP contribution in [0.25, 0.3) is 117 Å². The first-order valence-electron chi connectivity index (χ1n) is 19.0. The molecule has 0 unspecified atom stereocenters. The third-order valence-corrected chi connectivity index (χ3v) is 11.1. The van der Waals surface area contributed by atoms with E-state index in [0.29, 0.717) is 17.5 Å². The molecule has 0 aliphatic heterocycles. The summed E-state index contributed by atoms with van der Waals surface area (Å²) in [6, 6.07) is 62.6. The molecule has 12 rings (SSSR count). The zero-order valence-electron chi connectivity index (χ0n) is 30.4. The summed E-state index contributed by atoms with van der Waals surface area (Å²) < 4.78 is 15.7. The summed E-state index contributed by atoms with van der Waals surface area (Å²) in [5, 5.41) is 6.65. The van der Waals surface area contributed by atoms with Crippen LogP contribution < -0.4 is 0 Å². The lowest BCUT2D eigenvalue weighted by Crippen LogP contribution is -2.00. The number of benzene rings is 8. The van der Waals surface area contributed by atoms with Crippen molar-refractivity contribution in [2.75, 3.05) is 0 Å². The molecule has 0 atom stereocenters. The first-order valence-corrected chi connectivity index (χ1v) is 19.0. The second-order valence-corrected chi connectivity index (χ2v) is 14.4. The van der Waals surface area contributed by atoms with Crippen LogP contribution in [0.1, 0.15) is 0 Å². The van der Waals surface area contributed by atoms with Gasteiger partial charge >= 0.3 is 0 Å².